The van der Waals surface area contributed by atoms with Gasteiger partial charge in [0.15, 0.2) is 0 Å². The average Bonchev–Trinajstić information content (AvgIpc) is 2.55. The molecule has 0 bridgehead atoms. The second-order valence-corrected chi connectivity index (χ2v) is 6.20. The molecule has 0 aromatic heterocycles. The number of aliphatic hydroxyl groups is 1. The van der Waals surface area contributed by atoms with E-state index >= 15 is 0 Å². The summed E-state index contributed by atoms with van der Waals surface area (Å²) in [6.45, 7) is 3.66. The molecule has 2 unspecified atom stereocenters. The molecule has 1 aliphatic carbocycles. The number of aliphatic hydroxyl groups excluding tert-OH is 1. The van der Waals surface area contributed by atoms with Crippen molar-refractivity contribution in [1.29, 1.82) is 0 Å². The number of nitrogens with zero attached hydrogens (tertiary/aromatic N) is 1. The number of amides is 1. The van der Waals surface area contributed by atoms with Crippen LogP contribution in [0.25, 0.3) is 0 Å². The lowest BCUT2D eigenvalue weighted by molar-refractivity contribution is -0.207. The summed E-state index contributed by atoms with van der Waals surface area (Å²) in [6.07, 6.45) is 1.82. The van der Waals surface area contributed by atoms with Crippen LogP contribution in [0.2, 0.25) is 0 Å². The van der Waals surface area contributed by atoms with Gasteiger partial charge >= 0.3 is 0 Å². The molecule has 1 saturated heterocycles. The molecule has 120 valence electrons. The number of piperidine rings is 1. The first-order valence-electron chi connectivity index (χ1n) is 7.92. The van der Waals surface area contributed by atoms with E-state index in [1.807, 2.05) is 6.92 Å². The second-order valence-electron chi connectivity index (χ2n) is 6.20. The molecule has 2 atom stereocenters. The zero-order valence-corrected chi connectivity index (χ0v) is 12.8. The number of hydrogen-bond acceptors (Lipinski definition) is 3. The highest BCUT2D eigenvalue weighted by Crippen LogP contribution is 2.51. The van der Waals surface area contributed by atoms with Gasteiger partial charge in [0.1, 0.15) is 5.82 Å². The average molecular weight is 307 g/mol. The summed E-state index contributed by atoms with van der Waals surface area (Å²) in [7, 11) is 0. The summed E-state index contributed by atoms with van der Waals surface area (Å²) in [5, 5.41) is 10.2. The molecule has 1 aromatic rings. The van der Waals surface area contributed by atoms with Gasteiger partial charge in [0.2, 0.25) is 0 Å². The third kappa shape index (κ3) is 2.42. The van der Waals surface area contributed by atoms with Gasteiger partial charge in [0.25, 0.3) is 5.91 Å². The SMILES string of the molecule is CCOC1CC(O)C12CCN(C(=O)c1ccccc1F)CC2. The summed E-state index contributed by atoms with van der Waals surface area (Å²) in [4.78, 5) is 14.1. The van der Waals surface area contributed by atoms with Gasteiger partial charge in [-0.1, -0.05) is 12.1 Å². The molecule has 1 saturated carbocycles. The minimum absolute atomic E-state index is 0.0817. The van der Waals surface area contributed by atoms with E-state index in [0.717, 1.165) is 0 Å². The number of carbonyl (C=O) groups is 1. The minimum Gasteiger partial charge on any atom is -0.392 e. The van der Waals surface area contributed by atoms with Crippen LogP contribution in [0.15, 0.2) is 24.3 Å². The van der Waals surface area contributed by atoms with Gasteiger partial charge in [0.05, 0.1) is 17.8 Å². The minimum atomic E-state index is -0.483. The Labute approximate surface area is 129 Å². The van der Waals surface area contributed by atoms with Gasteiger partial charge in [-0.2, -0.15) is 0 Å². The summed E-state index contributed by atoms with van der Waals surface area (Å²) in [6, 6.07) is 6.07. The monoisotopic (exact) mass is 307 g/mol. The normalized spacial score (nSPS) is 26.8. The van der Waals surface area contributed by atoms with Crippen LogP contribution in [0, 0.1) is 11.2 Å². The molecule has 3 rings (SSSR count). The van der Waals surface area contributed by atoms with Crippen LogP contribution in [-0.4, -0.2) is 47.8 Å². The van der Waals surface area contributed by atoms with E-state index in [1.165, 1.54) is 12.1 Å². The summed E-state index contributed by atoms with van der Waals surface area (Å²) < 4.78 is 19.5. The molecule has 1 aliphatic heterocycles. The van der Waals surface area contributed by atoms with E-state index in [0.29, 0.717) is 39.0 Å². The summed E-state index contributed by atoms with van der Waals surface area (Å²) >= 11 is 0. The Kier molecular flexibility index (Phi) is 4.19. The van der Waals surface area contributed by atoms with Gasteiger partial charge in [-0.25, -0.2) is 4.39 Å². The molecule has 2 aliphatic rings. The predicted octanol–water partition coefficient (Wildman–Crippen LogP) is 2.22. The van der Waals surface area contributed by atoms with E-state index in [9.17, 15) is 14.3 Å². The number of ether oxygens (including phenoxy) is 1. The molecule has 1 spiro atoms. The molecule has 4 nitrogen and oxygen atoms in total. The maximum atomic E-state index is 13.7. The number of likely N-dealkylation sites (tertiary alicyclic amines) is 1. The fraction of sp³-hybridized carbons (Fsp3) is 0.588. The van der Waals surface area contributed by atoms with Crippen molar-refractivity contribution >= 4 is 5.91 Å². The van der Waals surface area contributed by atoms with E-state index < -0.39 is 5.82 Å². The maximum Gasteiger partial charge on any atom is 0.256 e. The van der Waals surface area contributed by atoms with Crippen LogP contribution < -0.4 is 0 Å². The Morgan fingerprint density at radius 3 is 2.68 bits per heavy atom. The van der Waals surface area contributed by atoms with Crippen molar-refractivity contribution in [2.75, 3.05) is 19.7 Å². The molecule has 5 heteroatoms. The third-order valence-corrected chi connectivity index (χ3v) is 5.20. The highest BCUT2D eigenvalue weighted by Gasteiger charge is 2.56. The number of carbonyl (C=O) groups excluding carboxylic acids is 1. The highest BCUT2D eigenvalue weighted by atomic mass is 19.1. The largest absolute Gasteiger partial charge is 0.392 e. The number of benzene rings is 1. The van der Waals surface area contributed by atoms with Crippen molar-refractivity contribution in [3.8, 4) is 0 Å². The van der Waals surface area contributed by atoms with Crippen LogP contribution in [0.1, 0.15) is 36.5 Å². The lowest BCUT2D eigenvalue weighted by atomic mass is 9.58. The zero-order valence-electron chi connectivity index (χ0n) is 12.8. The van der Waals surface area contributed by atoms with E-state index in [1.54, 1.807) is 17.0 Å². The van der Waals surface area contributed by atoms with Crippen molar-refractivity contribution in [2.45, 2.75) is 38.4 Å². The van der Waals surface area contributed by atoms with Gasteiger partial charge in [0, 0.05) is 31.5 Å². The molecular formula is C17H22FNO3. The first-order chi connectivity index (χ1) is 10.6. The quantitative estimate of drug-likeness (QED) is 0.931. The third-order valence-electron chi connectivity index (χ3n) is 5.20. The van der Waals surface area contributed by atoms with Crippen molar-refractivity contribution in [1.82, 2.24) is 4.90 Å². The second kappa shape index (κ2) is 5.97. The zero-order chi connectivity index (χ0) is 15.7. The van der Waals surface area contributed by atoms with Crippen molar-refractivity contribution in [3.63, 3.8) is 0 Å². The van der Waals surface area contributed by atoms with Gasteiger partial charge in [-0.05, 0) is 31.9 Å². The molecule has 22 heavy (non-hydrogen) atoms. The Morgan fingerprint density at radius 2 is 2.09 bits per heavy atom. The van der Waals surface area contributed by atoms with Crippen LogP contribution in [0.4, 0.5) is 4.39 Å². The maximum absolute atomic E-state index is 13.7. The Balaban J connectivity index is 1.67. The van der Waals surface area contributed by atoms with E-state index in [2.05, 4.69) is 0 Å². The van der Waals surface area contributed by atoms with Crippen molar-refractivity contribution in [2.24, 2.45) is 5.41 Å². The smallest absolute Gasteiger partial charge is 0.256 e. The highest BCUT2D eigenvalue weighted by molar-refractivity contribution is 5.94. The molecule has 0 radical (unpaired) electrons. The molecule has 1 N–H and O–H groups in total. The van der Waals surface area contributed by atoms with Crippen molar-refractivity contribution < 1.29 is 19.0 Å². The van der Waals surface area contributed by atoms with Gasteiger partial charge in [-0.15, -0.1) is 0 Å². The predicted molar refractivity (Wildman–Crippen MR) is 80.0 cm³/mol. The fourth-order valence-electron chi connectivity index (χ4n) is 3.75. The molecule has 1 heterocycles. The van der Waals surface area contributed by atoms with Crippen LogP contribution >= 0.6 is 0 Å². The lowest BCUT2D eigenvalue weighted by Gasteiger charge is -2.56. The molecule has 2 fully saturated rings. The molecule has 1 amide bonds. The fourth-order valence-corrected chi connectivity index (χ4v) is 3.75. The number of hydrogen-bond donors (Lipinski definition) is 1. The van der Waals surface area contributed by atoms with Crippen LogP contribution in [-0.2, 0) is 4.74 Å². The van der Waals surface area contributed by atoms with E-state index in [4.69, 9.17) is 4.74 Å². The van der Waals surface area contributed by atoms with Crippen LogP contribution in [0.3, 0.4) is 0 Å². The topological polar surface area (TPSA) is 49.8 Å². The van der Waals surface area contributed by atoms with E-state index in [-0.39, 0.29) is 29.1 Å². The molecular weight excluding hydrogens is 285 g/mol. The van der Waals surface area contributed by atoms with Crippen molar-refractivity contribution in [3.05, 3.63) is 35.6 Å². The Hall–Kier alpha value is -1.46. The van der Waals surface area contributed by atoms with Gasteiger partial charge < -0.3 is 14.7 Å². The number of rotatable bonds is 3. The molecule has 1 aromatic carbocycles. The summed E-state index contributed by atoms with van der Waals surface area (Å²) in [5.74, 6) is -0.751. The standard InChI is InChI=1S/C17H22FNO3/c1-2-22-15-11-14(20)17(15)7-9-19(10-8-17)16(21)12-5-3-4-6-13(12)18/h3-6,14-15,20H,2,7-11H2,1H3. The first-order valence-corrected chi connectivity index (χ1v) is 7.92. The summed E-state index contributed by atoms with van der Waals surface area (Å²) in [5.41, 5.74) is -0.101. The van der Waals surface area contributed by atoms with Gasteiger partial charge in [-0.3, -0.25) is 4.79 Å². The van der Waals surface area contributed by atoms with Crippen LogP contribution in [0.5, 0.6) is 0 Å². The first kappa shape index (κ1) is 15.4. The Morgan fingerprint density at radius 1 is 1.41 bits per heavy atom. The lowest BCUT2D eigenvalue weighted by Crippen LogP contribution is -2.62. The number of halogens is 1. The Bertz CT molecular complexity index is 553.